The quantitative estimate of drug-likeness (QED) is 0.669. The maximum atomic E-state index is 12.7. The number of ether oxygens (including phenoxy) is 2. The van der Waals surface area contributed by atoms with Gasteiger partial charge in [0.05, 0.1) is 25.0 Å². The van der Waals surface area contributed by atoms with Crippen molar-refractivity contribution >= 4 is 21.6 Å². The minimum absolute atomic E-state index is 0.0802. The minimum Gasteiger partial charge on any atom is -0.491 e. The largest absolute Gasteiger partial charge is 0.491 e. The lowest BCUT2D eigenvalue weighted by molar-refractivity contribution is -0.127. The lowest BCUT2D eigenvalue weighted by atomic mass is 9.86. The molecular formula is C24H32N2O5S. The molecule has 32 heavy (non-hydrogen) atoms. The molecule has 1 N–H and O–H groups in total. The van der Waals surface area contributed by atoms with E-state index < -0.39 is 16.1 Å². The Morgan fingerprint density at radius 1 is 1.22 bits per heavy atom. The van der Waals surface area contributed by atoms with Crippen LogP contribution in [0.25, 0.3) is 0 Å². The van der Waals surface area contributed by atoms with Gasteiger partial charge < -0.3 is 14.8 Å². The van der Waals surface area contributed by atoms with Crippen LogP contribution in [0.2, 0.25) is 0 Å². The number of fused-ring (bicyclic) bond motifs is 1. The number of sulfonamides is 1. The Bertz CT molecular complexity index is 1110. The van der Waals surface area contributed by atoms with E-state index in [0.29, 0.717) is 18.0 Å². The lowest BCUT2D eigenvalue weighted by Crippen LogP contribution is -2.51. The molecule has 0 saturated carbocycles. The van der Waals surface area contributed by atoms with E-state index in [1.807, 2.05) is 44.2 Å². The third kappa shape index (κ3) is 5.35. The van der Waals surface area contributed by atoms with Crippen LogP contribution in [0.3, 0.4) is 0 Å². The first-order chi connectivity index (χ1) is 14.9. The van der Waals surface area contributed by atoms with Crippen molar-refractivity contribution < 1.29 is 22.7 Å². The van der Waals surface area contributed by atoms with Gasteiger partial charge in [0.1, 0.15) is 18.1 Å². The number of anilines is 1. The molecule has 2 aromatic rings. The van der Waals surface area contributed by atoms with Gasteiger partial charge in [-0.15, -0.1) is 0 Å². The Morgan fingerprint density at radius 2 is 1.94 bits per heavy atom. The lowest BCUT2D eigenvalue weighted by Gasteiger charge is -2.35. The van der Waals surface area contributed by atoms with Crippen molar-refractivity contribution in [3.8, 4) is 11.5 Å². The second kappa shape index (κ2) is 9.02. The maximum absolute atomic E-state index is 12.7. The summed E-state index contributed by atoms with van der Waals surface area (Å²) in [5, 5.41) is 2.78. The van der Waals surface area contributed by atoms with E-state index in [4.69, 9.17) is 9.47 Å². The highest BCUT2D eigenvalue weighted by molar-refractivity contribution is 7.92. The molecule has 8 heteroatoms. The zero-order valence-corrected chi connectivity index (χ0v) is 20.4. The molecule has 3 rings (SSSR count). The van der Waals surface area contributed by atoms with Gasteiger partial charge in [0.2, 0.25) is 10.0 Å². The molecule has 0 bridgehead atoms. The molecule has 2 aromatic carbocycles. The highest BCUT2D eigenvalue weighted by Crippen LogP contribution is 2.38. The number of aryl methyl sites for hydroxylation is 1. The summed E-state index contributed by atoms with van der Waals surface area (Å²) in [7, 11) is -3.59. The van der Waals surface area contributed by atoms with Crippen molar-refractivity contribution in [3.05, 3.63) is 53.1 Å². The predicted molar refractivity (Wildman–Crippen MR) is 126 cm³/mol. The van der Waals surface area contributed by atoms with Crippen molar-refractivity contribution in [2.75, 3.05) is 30.3 Å². The molecular weight excluding hydrogens is 428 g/mol. The summed E-state index contributed by atoms with van der Waals surface area (Å²) in [5.74, 6) is 0.773. The van der Waals surface area contributed by atoms with Crippen LogP contribution in [-0.4, -0.2) is 46.4 Å². The summed E-state index contributed by atoms with van der Waals surface area (Å²) in [6, 6.07) is 11.3. The molecule has 0 saturated heterocycles. The summed E-state index contributed by atoms with van der Waals surface area (Å²) < 4.78 is 37.8. The van der Waals surface area contributed by atoms with Crippen LogP contribution in [0, 0.1) is 13.8 Å². The van der Waals surface area contributed by atoms with E-state index in [1.54, 1.807) is 6.07 Å². The van der Waals surface area contributed by atoms with Crippen LogP contribution < -0.4 is 19.1 Å². The Labute approximate surface area is 190 Å². The van der Waals surface area contributed by atoms with Gasteiger partial charge in [-0.25, -0.2) is 8.42 Å². The van der Waals surface area contributed by atoms with Crippen LogP contribution in [0.1, 0.15) is 37.5 Å². The van der Waals surface area contributed by atoms with Gasteiger partial charge in [0, 0.05) is 0 Å². The molecule has 1 heterocycles. The molecule has 174 valence electrons. The minimum atomic E-state index is -3.59. The number of hydrogen-bond acceptors (Lipinski definition) is 5. The van der Waals surface area contributed by atoms with Crippen molar-refractivity contribution in [1.29, 1.82) is 0 Å². The van der Waals surface area contributed by atoms with Gasteiger partial charge in [0.25, 0.3) is 5.91 Å². The van der Waals surface area contributed by atoms with Gasteiger partial charge in [-0.3, -0.25) is 9.10 Å². The van der Waals surface area contributed by atoms with Crippen molar-refractivity contribution in [2.24, 2.45) is 0 Å². The monoisotopic (exact) mass is 460 g/mol. The topological polar surface area (TPSA) is 84.9 Å². The molecule has 1 atom stereocenters. The standard InChI is InChI=1S/C24H32N2O5S/c1-16-8-7-9-20(17(16)2)30-13-12-25-23(27)22-15-26(32(6,28)29)19-14-18(24(3,4)5)10-11-21(19)31-22/h7-11,14,22H,12-13,15H2,1-6H3,(H,25,27)/t22-/m0/s1. The summed E-state index contributed by atoms with van der Waals surface area (Å²) in [4.78, 5) is 12.7. The molecule has 0 fully saturated rings. The highest BCUT2D eigenvalue weighted by atomic mass is 32.2. The van der Waals surface area contributed by atoms with E-state index >= 15 is 0 Å². The zero-order valence-electron chi connectivity index (χ0n) is 19.6. The number of rotatable bonds is 6. The van der Waals surface area contributed by atoms with Crippen LogP contribution in [0.4, 0.5) is 5.69 Å². The predicted octanol–water partition coefficient (Wildman–Crippen LogP) is 3.32. The van der Waals surface area contributed by atoms with Gasteiger partial charge in [0.15, 0.2) is 6.10 Å². The van der Waals surface area contributed by atoms with Crippen LogP contribution in [0.5, 0.6) is 11.5 Å². The number of nitrogens with zero attached hydrogens (tertiary/aromatic N) is 1. The molecule has 1 amide bonds. The van der Waals surface area contributed by atoms with E-state index in [-0.39, 0.29) is 24.4 Å². The van der Waals surface area contributed by atoms with E-state index in [2.05, 4.69) is 26.1 Å². The molecule has 0 aliphatic carbocycles. The van der Waals surface area contributed by atoms with Crippen LogP contribution in [-0.2, 0) is 20.2 Å². The SMILES string of the molecule is Cc1cccc(OCCNC(=O)[C@@H]2CN(S(C)(=O)=O)c3cc(C(C)(C)C)ccc3O2)c1C. The normalized spacial score (nSPS) is 16.2. The fourth-order valence-electron chi connectivity index (χ4n) is 3.50. The zero-order chi connectivity index (χ0) is 23.7. The summed E-state index contributed by atoms with van der Waals surface area (Å²) in [6.45, 7) is 10.7. The molecule has 0 spiro atoms. The summed E-state index contributed by atoms with van der Waals surface area (Å²) >= 11 is 0. The van der Waals surface area contributed by atoms with Gasteiger partial charge in [-0.05, 0) is 54.2 Å². The first kappa shape index (κ1) is 23.9. The van der Waals surface area contributed by atoms with Gasteiger partial charge in [-0.2, -0.15) is 0 Å². The first-order valence-corrected chi connectivity index (χ1v) is 12.5. The summed E-state index contributed by atoms with van der Waals surface area (Å²) in [5.41, 5.74) is 3.49. The third-order valence-electron chi connectivity index (χ3n) is 5.60. The third-order valence-corrected chi connectivity index (χ3v) is 6.75. The molecule has 1 aliphatic heterocycles. The maximum Gasteiger partial charge on any atom is 0.263 e. The fraction of sp³-hybridized carbons (Fsp3) is 0.458. The van der Waals surface area contributed by atoms with Crippen molar-refractivity contribution in [3.63, 3.8) is 0 Å². The van der Waals surface area contributed by atoms with Crippen molar-refractivity contribution in [1.82, 2.24) is 5.32 Å². The molecule has 1 aliphatic rings. The van der Waals surface area contributed by atoms with E-state index in [0.717, 1.165) is 28.7 Å². The number of hydrogen-bond donors (Lipinski definition) is 1. The second-order valence-electron chi connectivity index (χ2n) is 9.17. The Kier molecular flexibility index (Phi) is 6.74. The molecule has 0 radical (unpaired) electrons. The van der Waals surface area contributed by atoms with Gasteiger partial charge >= 0.3 is 0 Å². The number of carbonyl (C=O) groups excluding carboxylic acids is 1. The number of amides is 1. The van der Waals surface area contributed by atoms with E-state index in [9.17, 15) is 13.2 Å². The van der Waals surface area contributed by atoms with Gasteiger partial charge in [-0.1, -0.05) is 39.0 Å². The average Bonchev–Trinajstić information content (AvgIpc) is 2.71. The van der Waals surface area contributed by atoms with Crippen LogP contribution >= 0.6 is 0 Å². The number of nitrogens with one attached hydrogen (secondary N) is 1. The fourth-order valence-corrected chi connectivity index (χ4v) is 4.40. The Balaban J connectivity index is 1.68. The van der Waals surface area contributed by atoms with E-state index in [1.165, 1.54) is 4.31 Å². The number of benzene rings is 2. The first-order valence-electron chi connectivity index (χ1n) is 10.6. The molecule has 7 nitrogen and oxygen atoms in total. The van der Waals surface area contributed by atoms with Crippen LogP contribution in [0.15, 0.2) is 36.4 Å². The average molecular weight is 461 g/mol. The van der Waals surface area contributed by atoms with Crippen molar-refractivity contribution in [2.45, 2.75) is 46.1 Å². The smallest absolute Gasteiger partial charge is 0.263 e. The molecule has 0 unspecified atom stereocenters. The Morgan fingerprint density at radius 3 is 2.59 bits per heavy atom. The second-order valence-corrected chi connectivity index (χ2v) is 11.1. The highest BCUT2D eigenvalue weighted by Gasteiger charge is 2.35. The molecule has 0 aromatic heterocycles. The Hall–Kier alpha value is -2.74. The summed E-state index contributed by atoms with van der Waals surface area (Å²) in [6.07, 6.45) is 0.192. The number of carbonyl (C=O) groups is 1.